The Morgan fingerprint density at radius 3 is 2.47 bits per heavy atom. The van der Waals surface area contributed by atoms with Gasteiger partial charge in [0.05, 0.1) is 5.52 Å². The van der Waals surface area contributed by atoms with Gasteiger partial charge in [-0.05, 0) is 80.5 Å². The second kappa shape index (κ2) is 9.97. The Labute approximate surface area is 191 Å². The molecule has 0 amide bonds. The van der Waals surface area contributed by atoms with Crippen LogP contribution in [0.3, 0.4) is 0 Å². The summed E-state index contributed by atoms with van der Waals surface area (Å²) in [6.45, 7) is 6.16. The largest absolute Gasteiger partial charge is 0.325 e. The molecule has 32 heavy (non-hydrogen) atoms. The van der Waals surface area contributed by atoms with Crippen LogP contribution in [0, 0.1) is 12.7 Å². The molecule has 1 unspecified atom stereocenters. The number of carbonyl (C=O) groups excluding carboxylic acids is 1. The lowest BCUT2D eigenvalue weighted by atomic mass is 9.92. The number of fused-ring (bicyclic) bond motifs is 1. The molecule has 3 nitrogen and oxygen atoms in total. The van der Waals surface area contributed by atoms with E-state index in [9.17, 15) is 9.18 Å². The summed E-state index contributed by atoms with van der Waals surface area (Å²) in [5.74, 6) is 2.14. The Bertz CT molecular complexity index is 1060. The number of rotatable bonds is 7. The summed E-state index contributed by atoms with van der Waals surface area (Å²) in [5, 5.41) is 0. The number of benzene rings is 2. The van der Waals surface area contributed by atoms with Crippen LogP contribution in [0.5, 0.6) is 0 Å². The highest BCUT2D eigenvalue weighted by molar-refractivity contribution is 5.79. The number of aromatic nitrogens is 2. The number of halogens is 1. The molecule has 2 fully saturated rings. The first-order chi connectivity index (χ1) is 15.5. The molecule has 0 radical (unpaired) electrons. The minimum absolute atomic E-state index is 0.143. The van der Waals surface area contributed by atoms with E-state index in [1.54, 1.807) is 6.07 Å². The van der Waals surface area contributed by atoms with E-state index < -0.39 is 0 Å². The molecule has 4 heteroatoms. The molecule has 1 aromatic heterocycles. The van der Waals surface area contributed by atoms with Crippen LogP contribution in [-0.4, -0.2) is 15.3 Å². The van der Waals surface area contributed by atoms with E-state index in [2.05, 4.69) is 34.7 Å². The topological polar surface area (TPSA) is 34.9 Å². The molecule has 5 rings (SSSR count). The third-order valence-electron chi connectivity index (χ3n) is 6.87. The van der Waals surface area contributed by atoms with Gasteiger partial charge in [0.25, 0.3) is 0 Å². The van der Waals surface area contributed by atoms with Gasteiger partial charge in [-0.1, -0.05) is 44.2 Å². The summed E-state index contributed by atoms with van der Waals surface area (Å²) in [5.41, 5.74) is 4.00. The lowest BCUT2D eigenvalue weighted by Gasteiger charge is -2.28. The molecule has 2 aliphatic rings. The van der Waals surface area contributed by atoms with Gasteiger partial charge in [0.15, 0.2) is 5.82 Å². The zero-order valence-electron chi connectivity index (χ0n) is 19.6. The summed E-state index contributed by atoms with van der Waals surface area (Å²) in [4.78, 5) is 15.9. The summed E-state index contributed by atoms with van der Waals surface area (Å²) in [7, 11) is 0. The lowest BCUT2D eigenvalue weighted by Crippen LogP contribution is -2.18. The van der Waals surface area contributed by atoms with E-state index in [1.165, 1.54) is 43.2 Å². The number of aryl methyl sites for hydroxylation is 1. The number of nitrogens with zero attached hydrogens (tertiary/aromatic N) is 2. The second-order valence-corrected chi connectivity index (χ2v) is 9.56. The third kappa shape index (κ3) is 5.11. The Kier molecular flexibility index (Phi) is 7.07. The van der Waals surface area contributed by atoms with E-state index in [0.29, 0.717) is 35.6 Å². The van der Waals surface area contributed by atoms with Gasteiger partial charge in [-0.3, -0.25) is 4.79 Å². The monoisotopic (exact) mass is 434 g/mol. The molecule has 0 spiro atoms. The molecule has 0 saturated heterocycles. The smallest absolute Gasteiger partial charge is 0.151 e. The van der Waals surface area contributed by atoms with Crippen LogP contribution in [0.1, 0.15) is 100 Å². The molecule has 2 aromatic carbocycles. The number of Topliss-reactive ketones (excluding diaryl/α,β-unsaturated/α-hetero) is 1. The minimum Gasteiger partial charge on any atom is -0.325 e. The minimum atomic E-state index is -0.143. The molecular weight excluding hydrogens is 399 g/mol. The number of hydrogen-bond donors (Lipinski definition) is 0. The quantitative estimate of drug-likeness (QED) is 0.383. The van der Waals surface area contributed by atoms with Crippen LogP contribution in [0.15, 0.2) is 42.5 Å². The second-order valence-electron chi connectivity index (χ2n) is 9.56. The maximum atomic E-state index is 14.1. The maximum absolute atomic E-state index is 14.1. The zero-order valence-corrected chi connectivity index (χ0v) is 19.6. The molecule has 0 aliphatic heterocycles. The van der Waals surface area contributed by atoms with Crippen molar-refractivity contribution in [2.75, 3.05) is 0 Å². The summed E-state index contributed by atoms with van der Waals surface area (Å²) < 4.78 is 16.4. The van der Waals surface area contributed by atoms with Crippen molar-refractivity contribution in [3.8, 4) is 0 Å². The van der Waals surface area contributed by atoms with Crippen molar-refractivity contribution in [1.82, 2.24) is 9.55 Å². The Hall–Kier alpha value is -2.49. The van der Waals surface area contributed by atoms with E-state index >= 15 is 0 Å². The van der Waals surface area contributed by atoms with Gasteiger partial charge in [-0.15, -0.1) is 0 Å². The van der Waals surface area contributed by atoms with Crippen LogP contribution in [0.2, 0.25) is 0 Å². The summed E-state index contributed by atoms with van der Waals surface area (Å²) in [6, 6.07) is 14.6. The van der Waals surface area contributed by atoms with Crippen LogP contribution in [0.25, 0.3) is 11.0 Å². The van der Waals surface area contributed by atoms with Crippen molar-refractivity contribution < 1.29 is 9.18 Å². The van der Waals surface area contributed by atoms with E-state index in [0.717, 1.165) is 24.2 Å². The number of hydrogen-bond acceptors (Lipinski definition) is 2. The first-order valence-electron chi connectivity index (χ1n) is 12.2. The van der Waals surface area contributed by atoms with Gasteiger partial charge in [-0.2, -0.15) is 0 Å². The number of ketones is 1. The standard InChI is InChI=1S/C15H17FN2.C13H18O/c1-9-17-15-13(16)7-11(10-5-6-10)8-14(15)18(9)12-3-2-4-12;1-3-7-13(14)10-11(2)12-8-5-4-6-9-12/h7-8,10,12H,2-6H2,1H3;4-6,8-9,11H,3,7,10H2,1-2H3. The molecule has 2 saturated carbocycles. The number of imidazole rings is 1. The number of carbonyl (C=O) groups is 1. The Morgan fingerprint density at radius 1 is 1.16 bits per heavy atom. The zero-order chi connectivity index (χ0) is 22.7. The molecule has 0 bridgehead atoms. The van der Waals surface area contributed by atoms with Crippen molar-refractivity contribution in [2.45, 2.75) is 90.0 Å². The molecule has 1 heterocycles. The fourth-order valence-electron chi connectivity index (χ4n) is 4.67. The molecule has 2 aliphatic carbocycles. The predicted molar refractivity (Wildman–Crippen MR) is 129 cm³/mol. The first kappa shape index (κ1) is 22.7. The van der Waals surface area contributed by atoms with Gasteiger partial charge in [0.1, 0.15) is 17.1 Å². The third-order valence-corrected chi connectivity index (χ3v) is 6.87. The van der Waals surface area contributed by atoms with Crippen molar-refractivity contribution in [3.63, 3.8) is 0 Å². The van der Waals surface area contributed by atoms with Crippen molar-refractivity contribution in [2.24, 2.45) is 0 Å². The highest BCUT2D eigenvalue weighted by atomic mass is 19.1. The van der Waals surface area contributed by atoms with E-state index in [4.69, 9.17) is 0 Å². The predicted octanol–water partition coefficient (Wildman–Crippen LogP) is 7.64. The van der Waals surface area contributed by atoms with Gasteiger partial charge in [0, 0.05) is 18.9 Å². The average molecular weight is 435 g/mol. The van der Waals surface area contributed by atoms with Crippen LogP contribution < -0.4 is 0 Å². The van der Waals surface area contributed by atoms with Gasteiger partial charge in [0.2, 0.25) is 0 Å². The average Bonchev–Trinajstić information content (AvgIpc) is 3.54. The van der Waals surface area contributed by atoms with Gasteiger partial charge < -0.3 is 4.57 Å². The highest BCUT2D eigenvalue weighted by Crippen LogP contribution is 2.43. The fourth-order valence-corrected chi connectivity index (χ4v) is 4.67. The molecule has 0 N–H and O–H groups in total. The van der Waals surface area contributed by atoms with Gasteiger partial charge >= 0.3 is 0 Å². The summed E-state index contributed by atoms with van der Waals surface area (Å²) >= 11 is 0. The normalized spacial score (nSPS) is 16.9. The van der Waals surface area contributed by atoms with Crippen LogP contribution >= 0.6 is 0 Å². The van der Waals surface area contributed by atoms with Crippen molar-refractivity contribution in [1.29, 1.82) is 0 Å². The molecule has 3 aromatic rings. The lowest BCUT2D eigenvalue weighted by molar-refractivity contribution is -0.119. The van der Waals surface area contributed by atoms with Crippen molar-refractivity contribution in [3.05, 3.63) is 65.2 Å². The van der Waals surface area contributed by atoms with Gasteiger partial charge in [-0.25, -0.2) is 9.37 Å². The summed E-state index contributed by atoms with van der Waals surface area (Å²) in [6.07, 6.45) is 8.48. The molecular formula is C28H35FN2O. The highest BCUT2D eigenvalue weighted by Gasteiger charge is 2.28. The van der Waals surface area contributed by atoms with Crippen LogP contribution in [-0.2, 0) is 4.79 Å². The van der Waals surface area contributed by atoms with Crippen molar-refractivity contribution >= 4 is 16.8 Å². The molecule has 170 valence electrons. The fraction of sp³-hybridized carbons (Fsp3) is 0.500. The SMILES string of the molecule is CCCC(=O)CC(C)c1ccccc1.Cc1nc2c(F)cc(C3CC3)cc2n1C1CCC1. The Balaban J connectivity index is 0.000000159. The maximum Gasteiger partial charge on any atom is 0.151 e. The molecule has 1 atom stereocenters. The van der Waals surface area contributed by atoms with E-state index in [1.807, 2.05) is 32.0 Å². The van der Waals surface area contributed by atoms with Crippen LogP contribution in [0.4, 0.5) is 4.39 Å². The first-order valence-corrected chi connectivity index (χ1v) is 12.2. The Morgan fingerprint density at radius 2 is 1.88 bits per heavy atom. The van der Waals surface area contributed by atoms with E-state index in [-0.39, 0.29) is 5.82 Å².